The zero-order valence-electron chi connectivity index (χ0n) is 12.8. The summed E-state index contributed by atoms with van der Waals surface area (Å²) in [6.07, 6.45) is 1.68. The number of hydrogen-bond donors (Lipinski definition) is 1. The zero-order valence-corrected chi connectivity index (χ0v) is 12.8. The lowest BCUT2D eigenvalue weighted by Gasteiger charge is -2.32. The lowest BCUT2D eigenvalue weighted by molar-refractivity contribution is -0.126. The van der Waals surface area contributed by atoms with Crippen molar-refractivity contribution in [2.24, 2.45) is 5.92 Å². The van der Waals surface area contributed by atoms with Crippen molar-refractivity contribution in [1.29, 1.82) is 5.26 Å². The van der Waals surface area contributed by atoms with Crippen LogP contribution in [0.4, 0.5) is 0 Å². The number of hydrogen-bond acceptors (Lipinski definition) is 3. The number of nitrogens with one attached hydrogen (secondary N) is 1. The van der Waals surface area contributed by atoms with Gasteiger partial charge in [-0.25, -0.2) is 0 Å². The van der Waals surface area contributed by atoms with E-state index in [9.17, 15) is 4.79 Å². The normalized spacial score (nSPS) is 18.0. The SMILES string of the molecule is Cc1ccc(CNC(=O)C2CCN(C(C)C#N)CC2)cc1. The Kier molecular flexibility index (Phi) is 5.35. The molecule has 1 aliphatic rings. The van der Waals surface area contributed by atoms with Gasteiger partial charge in [0.15, 0.2) is 0 Å². The summed E-state index contributed by atoms with van der Waals surface area (Å²) in [7, 11) is 0. The maximum Gasteiger partial charge on any atom is 0.223 e. The van der Waals surface area contributed by atoms with Crippen LogP contribution in [-0.2, 0) is 11.3 Å². The summed E-state index contributed by atoms with van der Waals surface area (Å²) in [4.78, 5) is 14.3. The first kappa shape index (κ1) is 15.5. The van der Waals surface area contributed by atoms with Crippen molar-refractivity contribution >= 4 is 5.91 Å². The average Bonchev–Trinajstić information content (AvgIpc) is 2.53. The van der Waals surface area contributed by atoms with E-state index in [1.165, 1.54) is 5.56 Å². The Morgan fingerprint density at radius 2 is 2.00 bits per heavy atom. The zero-order chi connectivity index (χ0) is 15.2. The van der Waals surface area contributed by atoms with Gasteiger partial charge in [-0.1, -0.05) is 29.8 Å². The van der Waals surface area contributed by atoms with Crippen molar-refractivity contribution < 1.29 is 4.79 Å². The maximum absolute atomic E-state index is 12.2. The van der Waals surface area contributed by atoms with Crippen LogP contribution in [0, 0.1) is 24.2 Å². The quantitative estimate of drug-likeness (QED) is 0.923. The first-order valence-corrected chi connectivity index (χ1v) is 7.57. The Balaban J connectivity index is 1.77. The fourth-order valence-corrected chi connectivity index (χ4v) is 2.67. The second kappa shape index (κ2) is 7.24. The Morgan fingerprint density at radius 3 is 2.57 bits per heavy atom. The van der Waals surface area contributed by atoms with Crippen LogP contribution >= 0.6 is 0 Å². The van der Waals surface area contributed by atoms with Crippen molar-refractivity contribution in [3.8, 4) is 6.07 Å². The molecule has 1 atom stereocenters. The molecule has 1 aromatic rings. The van der Waals surface area contributed by atoms with Crippen molar-refractivity contribution in [1.82, 2.24) is 10.2 Å². The van der Waals surface area contributed by atoms with E-state index in [1.807, 2.05) is 19.1 Å². The highest BCUT2D eigenvalue weighted by atomic mass is 16.1. The summed E-state index contributed by atoms with van der Waals surface area (Å²) in [5, 5.41) is 11.9. The van der Waals surface area contributed by atoms with Crippen LogP contribution in [0.3, 0.4) is 0 Å². The Bertz CT molecular complexity index is 510. The van der Waals surface area contributed by atoms with Crippen LogP contribution in [0.1, 0.15) is 30.9 Å². The number of carbonyl (C=O) groups excluding carboxylic acids is 1. The minimum absolute atomic E-state index is 0.0541. The van der Waals surface area contributed by atoms with E-state index in [-0.39, 0.29) is 17.9 Å². The lowest BCUT2D eigenvalue weighted by Crippen LogP contribution is -2.43. The molecule has 1 heterocycles. The summed E-state index contributed by atoms with van der Waals surface area (Å²) in [6.45, 7) is 6.22. The van der Waals surface area contributed by atoms with Crippen molar-refractivity contribution in [3.63, 3.8) is 0 Å². The van der Waals surface area contributed by atoms with E-state index in [4.69, 9.17) is 5.26 Å². The molecule has 0 spiro atoms. The molecule has 0 radical (unpaired) electrons. The van der Waals surface area contributed by atoms with Gasteiger partial charge in [-0.05, 0) is 32.3 Å². The highest BCUT2D eigenvalue weighted by Crippen LogP contribution is 2.19. The predicted molar refractivity (Wildman–Crippen MR) is 82.4 cm³/mol. The van der Waals surface area contributed by atoms with Crippen molar-refractivity contribution in [2.45, 2.75) is 39.3 Å². The molecule has 1 amide bonds. The first-order valence-electron chi connectivity index (χ1n) is 7.57. The van der Waals surface area contributed by atoms with Crippen LogP contribution in [0.25, 0.3) is 0 Å². The van der Waals surface area contributed by atoms with Gasteiger partial charge in [0.1, 0.15) is 0 Å². The average molecular weight is 285 g/mol. The third kappa shape index (κ3) is 4.30. The third-order valence-corrected chi connectivity index (χ3v) is 4.22. The number of piperidine rings is 1. The standard InChI is InChI=1S/C17H23N3O/c1-13-3-5-15(6-4-13)12-19-17(21)16-7-9-20(10-8-16)14(2)11-18/h3-6,14,16H,7-10,12H2,1-2H3,(H,19,21). The van der Waals surface area contributed by atoms with E-state index in [2.05, 4.69) is 35.3 Å². The second-order valence-electron chi connectivity index (χ2n) is 5.82. The number of aryl methyl sites for hydroxylation is 1. The smallest absolute Gasteiger partial charge is 0.223 e. The molecule has 0 aromatic heterocycles. The minimum Gasteiger partial charge on any atom is -0.352 e. The summed E-state index contributed by atoms with van der Waals surface area (Å²) in [5.41, 5.74) is 2.36. The molecule has 0 aliphatic carbocycles. The molecule has 1 N–H and O–H groups in total. The van der Waals surface area contributed by atoms with Crippen LogP contribution in [0.2, 0.25) is 0 Å². The Hall–Kier alpha value is -1.86. The highest BCUT2D eigenvalue weighted by molar-refractivity contribution is 5.78. The van der Waals surface area contributed by atoms with E-state index < -0.39 is 0 Å². The van der Waals surface area contributed by atoms with Gasteiger partial charge in [0, 0.05) is 25.6 Å². The highest BCUT2D eigenvalue weighted by Gasteiger charge is 2.26. The van der Waals surface area contributed by atoms with Gasteiger partial charge in [0.25, 0.3) is 0 Å². The molecule has 0 saturated carbocycles. The van der Waals surface area contributed by atoms with Crippen molar-refractivity contribution in [3.05, 3.63) is 35.4 Å². The van der Waals surface area contributed by atoms with Gasteiger partial charge in [0.05, 0.1) is 12.1 Å². The molecule has 1 saturated heterocycles. The monoisotopic (exact) mass is 285 g/mol. The lowest BCUT2D eigenvalue weighted by atomic mass is 9.95. The van der Waals surface area contributed by atoms with Gasteiger partial charge < -0.3 is 5.32 Å². The fourth-order valence-electron chi connectivity index (χ4n) is 2.67. The topological polar surface area (TPSA) is 56.1 Å². The van der Waals surface area contributed by atoms with Gasteiger partial charge >= 0.3 is 0 Å². The Morgan fingerprint density at radius 1 is 1.38 bits per heavy atom. The number of likely N-dealkylation sites (tertiary alicyclic amines) is 1. The number of rotatable bonds is 4. The molecule has 112 valence electrons. The van der Waals surface area contributed by atoms with E-state index in [1.54, 1.807) is 0 Å². The number of carbonyl (C=O) groups is 1. The van der Waals surface area contributed by atoms with Crippen molar-refractivity contribution in [2.75, 3.05) is 13.1 Å². The van der Waals surface area contributed by atoms with Crippen LogP contribution in [-0.4, -0.2) is 29.9 Å². The third-order valence-electron chi connectivity index (χ3n) is 4.22. The molecule has 0 bridgehead atoms. The van der Waals surface area contributed by atoms with Crippen LogP contribution < -0.4 is 5.32 Å². The summed E-state index contributed by atoms with van der Waals surface area (Å²) in [5.74, 6) is 0.220. The van der Waals surface area contributed by atoms with E-state index in [0.717, 1.165) is 31.5 Å². The van der Waals surface area contributed by atoms with E-state index in [0.29, 0.717) is 6.54 Å². The molecule has 4 heteroatoms. The molecule has 2 rings (SSSR count). The molecule has 1 aliphatic heterocycles. The van der Waals surface area contributed by atoms with Crippen LogP contribution in [0.15, 0.2) is 24.3 Å². The van der Waals surface area contributed by atoms with Gasteiger partial charge in [-0.3, -0.25) is 9.69 Å². The van der Waals surface area contributed by atoms with Gasteiger partial charge in [-0.15, -0.1) is 0 Å². The first-order chi connectivity index (χ1) is 10.1. The number of nitrogens with zero attached hydrogens (tertiary/aromatic N) is 2. The summed E-state index contributed by atoms with van der Waals surface area (Å²) >= 11 is 0. The fraction of sp³-hybridized carbons (Fsp3) is 0.529. The minimum atomic E-state index is -0.0541. The predicted octanol–water partition coefficient (Wildman–Crippen LogP) is 2.24. The molecular formula is C17H23N3O. The molecule has 4 nitrogen and oxygen atoms in total. The van der Waals surface area contributed by atoms with Crippen LogP contribution in [0.5, 0.6) is 0 Å². The molecule has 1 unspecified atom stereocenters. The number of benzene rings is 1. The maximum atomic E-state index is 12.2. The van der Waals surface area contributed by atoms with Gasteiger partial charge in [0.2, 0.25) is 5.91 Å². The molecular weight excluding hydrogens is 262 g/mol. The second-order valence-corrected chi connectivity index (χ2v) is 5.82. The summed E-state index contributed by atoms with van der Waals surface area (Å²) in [6, 6.07) is 10.4. The molecule has 1 aromatic carbocycles. The van der Waals surface area contributed by atoms with Gasteiger partial charge in [-0.2, -0.15) is 5.26 Å². The Labute approximate surface area is 126 Å². The molecule has 21 heavy (non-hydrogen) atoms. The number of amides is 1. The largest absolute Gasteiger partial charge is 0.352 e. The summed E-state index contributed by atoms with van der Waals surface area (Å²) < 4.78 is 0. The molecule has 1 fully saturated rings. The number of nitriles is 1. The van der Waals surface area contributed by atoms with E-state index >= 15 is 0 Å².